The molecule has 0 bridgehead atoms. The summed E-state index contributed by atoms with van der Waals surface area (Å²) in [5, 5.41) is 21.3. The zero-order chi connectivity index (χ0) is 14.4. The quantitative estimate of drug-likeness (QED) is 0.908. The molecule has 1 aliphatic carbocycles. The highest BCUT2D eigenvalue weighted by Crippen LogP contribution is 2.38. The van der Waals surface area contributed by atoms with Gasteiger partial charge in [0.25, 0.3) is 0 Å². The van der Waals surface area contributed by atoms with Crippen molar-refractivity contribution in [2.75, 3.05) is 0 Å². The maximum atomic E-state index is 8.89. The summed E-state index contributed by atoms with van der Waals surface area (Å²) in [5.74, 6) is 0. The minimum Gasteiger partial charge on any atom is -0.310 e. The molecule has 1 fully saturated rings. The van der Waals surface area contributed by atoms with Crippen LogP contribution in [-0.2, 0) is 6.54 Å². The lowest BCUT2D eigenvalue weighted by atomic mass is 9.72. The summed E-state index contributed by atoms with van der Waals surface area (Å²) in [5.41, 5.74) is 2.09. The number of nitrogens with zero attached hydrogens (tertiary/aromatic N) is 2. The van der Waals surface area contributed by atoms with Crippen molar-refractivity contribution < 1.29 is 0 Å². The van der Waals surface area contributed by atoms with E-state index in [1.807, 2.05) is 18.2 Å². The van der Waals surface area contributed by atoms with E-state index >= 15 is 0 Å². The second-order valence-electron chi connectivity index (χ2n) is 6.11. The highest BCUT2D eigenvalue weighted by molar-refractivity contribution is 5.32. The summed E-state index contributed by atoms with van der Waals surface area (Å²) >= 11 is 0. The topological polar surface area (TPSA) is 59.6 Å². The zero-order valence-electron chi connectivity index (χ0n) is 12.0. The van der Waals surface area contributed by atoms with Gasteiger partial charge in [-0.05, 0) is 48.8 Å². The van der Waals surface area contributed by atoms with Crippen LogP contribution < -0.4 is 5.32 Å². The Morgan fingerprint density at radius 2 is 2.05 bits per heavy atom. The van der Waals surface area contributed by atoms with E-state index < -0.39 is 0 Å². The molecule has 0 unspecified atom stereocenters. The van der Waals surface area contributed by atoms with Crippen molar-refractivity contribution in [2.45, 2.75) is 51.6 Å². The van der Waals surface area contributed by atoms with Gasteiger partial charge in [0.2, 0.25) is 0 Å². The van der Waals surface area contributed by atoms with Gasteiger partial charge in [-0.2, -0.15) is 10.5 Å². The summed E-state index contributed by atoms with van der Waals surface area (Å²) in [4.78, 5) is 0. The first-order valence-corrected chi connectivity index (χ1v) is 7.25. The van der Waals surface area contributed by atoms with Crippen LogP contribution in [0.5, 0.6) is 0 Å². The molecule has 0 amide bonds. The molecule has 1 aromatic rings. The van der Waals surface area contributed by atoms with Gasteiger partial charge < -0.3 is 5.32 Å². The Hall–Kier alpha value is -1.84. The van der Waals surface area contributed by atoms with Crippen molar-refractivity contribution in [3.63, 3.8) is 0 Å². The molecule has 0 atom stereocenters. The normalized spacial score (nSPS) is 25.6. The fourth-order valence-electron chi connectivity index (χ4n) is 2.90. The van der Waals surface area contributed by atoms with Gasteiger partial charge in [-0.3, -0.25) is 0 Å². The Labute approximate surface area is 121 Å². The van der Waals surface area contributed by atoms with Crippen molar-refractivity contribution >= 4 is 0 Å². The van der Waals surface area contributed by atoms with Gasteiger partial charge in [-0.1, -0.05) is 19.1 Å². The first-order chi connectivity index (χ1) is 9.65. The molecule has 3 nitrogen and oxygen atoms in total. The van der Waals surface area contributed by atoms with Crippen LogP contribution in [0.1, 0.15) is 50.2 Å². The van der Waals surface area contributed by atoms with Crippen LogP contribution >= 0.6 is 0 Å². The van der Waals surface area contributed by atoms with E-state index in [0.717, 1.165) is 43.4 Å². The molecular formula is C17H21N3. The van der Waals surface area contributed by atoms with E-state index in [4.69, 9.17) is 10.5 Å². The first-order valence-electron chi connectivity index (χ1n) is 7.25. The summed E-state index contributed by atoms with van der Waals surface area (Å²) < 4.78 is 0. The van der Waals surface area contributed by atoms with Gasteiger partial charge in [-0.25, -0.2) is 0 Å². The Bertz CT molecular complexity index is 528. The van der Waals surface area contributed by atoms with E-state index in [1.54, 1.807) is 0 Å². The summed E-state index contributed by atoms with van der Waals surface area (Å²) in [7, 11) is 0. The molecule has 0 spiro atoms. The predicted molar refractivity (Wildman–Crippen MR) is 78.6 cm³/mol. The van der Waals surface area contributed by atoms with E-state index in [9.17, 15) is 0 Å². The molecule has 1 saturated carbocycles. The summed E-state index contributed by atoms with van der Waals surface area (Å²) in [6.07, 6.45) is 5.18. The second-order valence-corrected chi connectivity index (χ2v) is 6.11. The van der Waals surface area contributed by atoms with Crippen LogP contribution in [0.4, 0.5) is 0 Å². The average Bonchev–Trinajstić information content (AvgIpc) is 2.47. The third kappa shape index (κ3) is 3.83. The predicted octanol–water partition coefficient (Wildman–Crippen LogP) is 3.51. The highest BCUT2D eigenvalue weighted by Gasteiger charge is 2.30. The second kappa shape index (κ2) is 6.55. The van der Waals surface area contributed by atoms with Gasteiger partial charge in [0.05, 0.1) is 17.7 Å². The monoisotopic (exact) mass is 267 g/mol. The molecule has 2 rings (SSSR count). The standard InChI is InChI=1S/C17H21N3/c1-17(9-10-18)7-5-16(6-8-17)20-13-15-4-2-3-14(11-15)12-19/h2-4,11,16,20H,5-9,13H2,1H3. The van der Waals surface area contributed by atoms with Crippen molar-refractivity contribution in [2.24, 2.45) is 5.41 Å². The van der Waals surface area contributed by atoms with Crippen LogP contribution in [0.25, 0.3) is 0 Å². The molecule has 0 aliphatic heterocycles. The Morgan fingerprint density at radius 1 is 1.30 bits per heavy atom. The fourth-order valence-corrected chi connectivity index (χ4v) is 2.90. The highest BCUT2D eigenvalue weighted by atomic mass is 14.9. The Kier molecular flexibility index (Phi) is 4.77. The summed E-state index contributed by atoms with van der Waals surface area (Å²) in [6.45, 7) is 3.04. The van der Waals surface area contributed by atoms with Gasteiger partial charge in [0.15, 0.2) is 0 Å². The molecule has 20 heavy (non-hydrogen) atoms. The van der Waals surface area contributed by atoms with E-state index in [-0.39, 0.29) is 5.41 Å². The van der Waals surface area contributed by atoms with Gasteiger partial charge >= 0.3 is 0 Å². The molecule has 1 aromatic carbocycles. The zero-order valence-corrected chi connectivity index (χ0v) is 12.0. The molecule has 104 valence electrons. The van der Waals surface area contributed by atoms with Crippen LogP contribution in [0.2, 0.25) is 0 Å². The minimum absolute atomic E-state index is 0.216. The lowest BCUT2D eigenvalue weighted by molar-refractivity contribution is 0.188. The third-order valence-electron chi connectivity index (χ3n) is 4.35. The lowest BCUT2D eigenvalue weighted by Crippen LogP contribution is -2.36. The van der Waals surface area contributed by atoms with Crippen LogP contribution in [-0.4, -0.2) is 6.04 Å². The SMILES string of the molecule is CC1(CC#N)CCC(NCc2cccc(C#N)c2)CC1. The molecule has 0 saturated heterocycles. The first kappa shape index (κ1) is 14.6. The summed E-state index contributed by atoms with van der Waals surface area (Å²) in [6, 6.07) is 12.8. The van der Waals surface area contributed by atoms with Crippen molar-refractivity contribution in [3.8, 4) is 12.1 Å². The molecule has 0 aromatic heterocycles. The lowest BCUT2D eigenvalue weighted by Gasteiger charge is -2.36. The minimum atomic E-state index is 0.216. The number of benzene rings is 1. The van der Waals surface area contributed by atoms with E-state index in [0.29, 0.717) is 12.5 Å². The maximum absolute atomic E-state index is 8.89. The molecule has 0 radical (unpaired) electrons. The largest absolute Gasteiger partial charge is 0.310 e. The van der Waals surface area contributed by atoms with Crippen LogP contribution in [0.15, 0.2) is 24.3 Å². The van der Waals surface area contributed by atoms with Crippen LogP contribution in [0.3, 0.4) is 0 Å². The van der Waals surface area contributed by atoms with Crippen molar-refractivity contribution in [1.29, 1.82) is 10.5 Å². The molecular weight excluding hydrogens is 246 g/mol. The molecule has 1 aliphatic rings. The van der Waals surface area contributed by atoms with Gasteiger partial charge in [0.1, 0.15) is 0 Å². The Morgan fingerprint density at radius 3 is 2.70 bits per heavy atom. The number of hydrogen-bond acceptors (Lipinski definition) is 3. The molecule has 1 N–H and O–H groups in total. The number of nitriles is 2. The average molecular weight is 267 g/mol. The van der Waals surface area contributed by atoms with Crippen LogP contribution in [0, 0.1) is 28.1 Å². The Balaban J connectivity index is 1.82. The van der Waals surface area contributed by atoms with Gasteiger partial charge in [-0.15, -0.1) is 0 Å². The van der Waals surface area contributed by atoms with Gasteiger partial charge in [0, 0.05) is 19.0 Å². The third-order valence-corrected chi connectivity index (χ3v) is 4.35. The van der Waals surface area contributed by atoms with E-state index in [1.165, 1.54) is 0 Å². The molecule has 3 heteroatoms. The maximum Gasteiger partial charge on any atom is 0.0991 e. The number of rotatable bonds is 4. The van der Waals surface area contributed by atoms with E-state index in [2.05, 4.69) is 30.4 Å². The number of hydrogen-bond donors (Lipinski definition) is 1. The molecule has 0 heterocycles. The number of nitrogens with one attached hydrogen (secondary N) is 1. The van der Waals surface area contributed by atoms with Crippen molar-refractivity contribution in [1.82, 2.24) is 5.32 Å². The van der Waals surface area contributed by atoms with Crippen molar-refractivity contribution in [3.05, 3.63) is 35.4 Å². The fraction of sp³-hybridized carbons (Fsp3) is 0.529. The smallest absolute Gasteiger partial charge is 0.0991 e.